The fraction of sp³-hybridized carbons (Fsp3) is 0.0667. The second-order valence-electron chi connectivity index (χ2n) is 4.46. The number of pyridine rings is 1. The number of benzene rings is 1. The molecular formula is C15H11FN2O2. The van der Waals surface area contributed by atoms with Crippen molar-refractivity contribution in [2.75, 3.05) is 0 Å². The van der Waals surface area contributed by atoms with Crippen LogP contribution in [0.5, 0.6) is 0 Å². The average molecular weight is 270 g/mol. The highest BCUT2D eigenvalue weighted by molar-refractivity contribution is 5.76. The Labute approximate surface area is 114 Å². The first kappa shape index (κ1) is 12.3. The minimum Gasteiger partial charge on any atom is -0.481 e. The molecule has 0 spiro atoms. The van der Waals surface area contributed by atoms with Crippen molar-refractivity contribution in [3.05, 3.63) is 60.2 Å². The number of fused-ring (bicyclic) bond motifs is 1. The van der Waals surface area contributed by atoms with E-state index in [9.17, 15) is 9.18 Å². The van der Waals surface area contributed by atoms with Gasteiger partial charge in [0.05, 0.1) is 12.1 Å². The fourth-order valence-corrected chi connectivity index (χ4v) is 2.19. The zero-order valence-corrected chi connectivity index (χ0v) is 10.5. The quantitative estimate of drug-likeness (QED) is 0.796. The van der Waals surface area contributed by atoms with Crippen molar-refractivity contribution < 1.29 is 14.3 Å². The number of hydrogen-bond donors (Lipinski definition) is 1. The van der Waals surface area contributed by atoms with Gasteiger partial charge in [0.2, 0.25) is 0 Å². The summed E-state index contributed by atoms with van der Waals surface area (Å²) in [6.45, 7) is 0. The molecule has 0 saturated heterocycles. The van der Waals surface area contributed by atoms with Crippen molar-refractivity contribution in [1.29, 1.82) is 0 Å². The van der Waals surface area contributed by atoms with E-state index in [1.165, 1.54) is 12.1 Å². The average Bonchev–Trinajstić information content (AvgIpc) is 2.81. The van der Waals surface area contributed by atoms with Crippen LogP contribution >= 0.6 is 0 Å². The van der Waals surface area contributed by atoms with Crippen LogP contribution < -0.4 is 0 Å². The van der Waals surface area contributed by atoms with Crippen LogP contribution in [0, 0.1) is 5.82 Å². The predicted molar refractivity (Wildman–Crippen MR) is 71.9 cm³/mol. The SMILES string of the molecule is O=C(O)Cc1cc(F)ccc1-c1cn2ccccc2n1. The molecule has 0 radical (unpaired) electrons. The van der Waals surface area contributed by atoms with Gasteiger partial charge in [0.1, 0.15) is 11.5 Å². The van der Waals surface area contributed by atoms with E-state index in [0.717, 1.165) is 5.65 Å². The van der Waals surface area contributed by atoms with E-state index in [-0.39, 0.29) is 6.42 Å². The maximum atomic E-state index is 13.3. The smallest absolute Gasteiger partial charge is 0.307 e. The summed E-state index contributed by atoms with van der Waals surface area (Å²) in [4.78, 5) is 15.3. The van der Waals surface area contributed by atoms with Crippen molar-refractivity contribution in [1.82, 2.24) is 9.38 Å². The lowest BCUT2D eigenvalue weighted by Crippen LogP contribution is -2.02. The van der Waals surface area contributed by atoms with Gasteiger partial charge in [-0.1, -0.05) is 6.07 Å². The van der Waals surface area contributed by atoms with Crippen molar-refractivity contribution in [2.45, 2.75) is 6.42 Å². The Kier molecular flexibility index (Phi) is 2.95. The van der Waals surface area contributed by atoms with E-state index in [2.05, 4.69) is 4.98 Å². The van der Waals surface area contributed by atoms with Gasteiger partial charge in [-0.05, 0) is 35.9 Å². The number of carboxylic acid groups (broad SMARTS) is 1. The number of halogens is 1. The Hall–Kier alpha value is -2.69. The number of aromatic nitrogens is 2. The standard InChI is InChI=1S/C15H11FN2O2/c16-11-4-5-12(10(7-11)8-15(19)20)13-9-18-6-2-1-3-14(18)17-13/h1-7,9H,8H2,(H,19,20). The van der Waals surface area contributed by atoms with Gasteiger partial charge < -0.3 is 9.51 Å². The summed E-state index contributed by atoms with van der Waals surface area (Å²) in [6, 6.07) is 9.72. The largest absolute Gasteiger partial charge is 0.481 e. The first-order chi connectivity index (χ1) is 9.63. The number of rotatable bonds is 3. The van der Waals surface area contributed by atoms with Crippen LogP contribution in [-0.2, 0) is 11.2 Å². The van der Waals surface area contributed by atoms with Crippen LogP contribution in [0.1, 0.15) is 5.56 Å². The molecule has 0 unspecified atom stereocenters. The molecule has 0 saturated carbocycles. The number of carbonyl (C=O) groups is 1. The number of hydrogen-bond acceptors (Lipinski definition) is 2. The zero-order chi connectivity index (χ0) is 14.1. The lowest BCUT2D eigenvalue weighted by Gasteiger charge is -2.05. The minimum atomic E-state index is -0.999. The molecule has 1 aromatic carbocycles. The van der Waals surface area contributed by atoms with Crippen LogP contribution in [0.4, 0.5) is 4.39 Å². The predicted octanol–water partition coefficient (Wildman–Crippen LogP) is 2.77. The minimum absolute atomic E-state index is 0.235. The van der Waals surface area contributed by atoms with Gasteiger partial charge in [0.25, 0.3) is 0 Å². The Morgan fingerprint density at radius 2 is 2.15 bits per heavy atom. The molecule has 3 rings (SSSR count). The molecule has 1 N–H and O–H groups in total. The number of carboxylic acids is 1. The molecule has 5 heteroatoms. The van der Waals surface area contributed by atoms with E-state index < -0.39 is 11.8 Å². The lowest BCUT2D eigenvalue weighted by molar-refractivity contribution is -0.136. The zero-order valence-electron chi connectivity index (χ0n) is 10.5. The molecular weight excluding hydrogens is 259 g/mol. The van der Waals surface area contributed by atoms with Crippen LogP contribution in [0.15, 0.2) is 48.8 Å². The number of aliphatic carboxylic acids is 1. The third-order valence-electron chi connectivity index (χ3n) is 3.05. The fourth-order valence-electron chi connectivity index (χ4n) is 2.19. The third kappa shape index (κ3) is 2.25. The van der Waals surface area contributed by atoms with Gasteiger partial charge in [-0.2, -0.15) is 0 Å². The highest BCUT2D eigenvalue weighted by Gasteiger charge is 2.12. The Morgan fingerprint density at radius 3 is 2.90 bits per heavy atom. The molecule has 100 valence electrons. The van der Waals surface area contributed by atoms with Gasteiger partial charge in [0.15, 0.2) is 0 Å². The van der Waals surface area contributed by atoms with Crippen LogP contribution in [0.3, 0.4) is 0 Å². The molecule has 0 aliphatic carbocycles. The summed E-state index contributed by atoms with van der Waals surface area (Å²) < 4.78 is 15.1. The van der Waals surface area contributed by atoms with Gasteiger partial charge in [0, 0.05) is 18.0 Å². The second-order valence-corrected chi connectivity index (χ2v) is 4.46. The second kappa shape index (κ2) is 4.77. The Bertz CT molecular complexity index is 762. The molecule has 0 bridgehead atoms. The van der Waals surface area contributed by atoms with E-state index in [1.807, 2.05) is 28.8 Å². The summed E-state index contributed by atoms with van der Waals surface area (Å²) in [5, 5.41) is 8.92. The molecule has 0 aliphatic heterocycles. The van der Waals surface area contributed by atoms with Crippen molar-refractivity contribution >= 4 is 11.6 Å². The van der Waals surface area contributed by atoms with E-state index in [0.29, 0.717) is 16.8 Å². The molecule has 2 aromatic heterocycles. The first-order valence-electron chi connectivity index (χ1n) is 6.08. The van der Waals surface area contributed by atoms with E-state index in [1.54, 1.807) is 12.3 Å². The van der Waals surface area contributed by atoms with Crippen LogP contribution in [0.2, 0.25) is 0 Å². The van der Waals surface area contributed by atoms with Crippen molar-refractivity contribution in [3.8, 4) is 11.3 Å². The molecule has 4 nitrogen and oxygen atoms in total. The molecule has 20 heavy (non-hydrogen) atoms. The van der Waals surface area contributed by atoms with Gasteiger partial charge in [-0.15, -0.1) is 0 Å². The van der Waals surface area contributed by atoms with Gasteiger partial charge >= 0.3 is 5.97 Å². The molecule has 0 fully saturated rings. The van der Waals surface area contributed by atoms with Crippen molar-refractivity contribution in [2.24, 2.45) is 0 Å². The molecule has 0 atom stereocenters. The Morgan fingerprint density at radius 1 is 1.30 bits per heavy atom. The molecule has 3 aromatic rings. The topological polar surface area (TPSA) is 54.6 Å². The van der Waals surface area contributed by atoms with Crippen LogP contribution in [-0.4, -0.2) is 20.5 Å². The summed E-state index contributed by atoms with van der Waals surface area (Å²) >= 11 is 0. The molecule has 0 amide bonds. The highest BCUT2D eigenvalue weighted by Crippen LogP contribution is 2.24. The maximum Gasteiger partial charge on any atom is 0.307 e. The number of imidazole rings is 1. The van der Waals surface area contributed by atoms with E-state index >= 15 is 0 Å². The summed E-state index contributed by atoms with van der Waals surface area (Å²) in [7, 11) is 0. The van der Waals surface area contributed by atoms with Crippen LogP contribution in [0.25, 0.3) is 16.9 Å². The summed E-state index contributed by atoms with van der Waals surface area (Å²) in [5.74, 6) is -1.45. The van der Waals surface area contributed by atoms with Crippen molar-refractivity contribution in [3.63, 3.8) is 0 Å². The first-order valence-corrected chi connectivity index (χ1v) is 6.08. The lowest BCUT2D eigenvalue weighted by atomic mass is 10.0. The Balaban J connectivity index is 2.15. The normalized spacial score (nSPS) is 10.8. The molecule has 2 heterocycles. The summed E-state index contributed by atoms with van der Waals surface area (Å²) in [6.07, 6.45) is 3.42. The monoisotopic (exact) mass is 270 g/mol. The highest BCUT2D eigenvalue weighted by atomic mass is 19.1. The third-order valence-corrected chi connectivity index (χ3v) is 3.05. The van der Waals surface area contributed by atoms with E-state index in [4.69, 9.17) is 5.11 Å². The summed E-state index contributed by atoms with van der Waals surface area (Å²) in [5.41, 5.74) is 2.44. The maximum absolute atomic E-state index is 13.3. The van der Waals surface area contributed by atoms with Gasteiger partial charge in [-0.25, -0.2) is 9.37 Å². The molecule has 0 aliphatic rings. The van der Waals surface area contributed by atoms with Gasteiger partial charge in [-0.3, -0.25) is 4.79 Å². The number of nitrogens with zero attached hydrogens (tertiary/aromatic N) is 2.